The maximum Gasteiger partial charge on any atom is 0.245 e. The van der Waals surface area contributed by atoms with Crippen LogP contribution in [0.4, 0.5) is 0 Å². The van der Waals surface area contributed by atoms with Crippen LogP contribution in [-0.2, 0) is 17.6 Å². The zero-order valence-electron chi connectivity index (χ0n) is 9.03. The molecule has 86 valence electrons. The largest absolute Gasteiger partial charge is 0.493 e. The van der Waals surface area contributed by atoms with E-state index < -0.39 is 6.61 Å². The van der Waals surface area contributed by atoms with Gasteiger partial charge in [0.25, 0.3) is 0 Å². The number of nitrogens with one attached hydrogen (secondary N) is 1. The second-order valence-electron chi connectivity index (χ2n) is 3.80. The van der Waals surface area contributed by atoms with E-state index in [9.17, 15) is 4.79 Å². The van der Waals surface area contributed by atoms with Gasteiger partial charge >= 0.3 is 0 Å². The van der Waals surface area contributed by atoms with Gasteiger partial charge in [0, 0.05) is 13.0 Å². The fourth-order valence-corrected chi connectivity index (χ4v) is 1.80. The Hall–Kier alpha value is -1.55. The highest BCUT2D eigenvalue weighted by Crippen LogP contribution is 2.25. The average molecular weight is 221 g/mol. The summed E-state index contributed by atoms with van der Waals surface area (Å²) in [5.41, 5.74) is 2.42. The Morgan fingerprint density at radius 2 is 2.38 bits per heavy atom. The predicted octanol–water partition coefficient (Wildman–Crippen LogP) is 0.272. The summed E-state index contributed by atoms with van der Waals surface area (Å²) in [4.78, 5) is 10.8. The van der Waals surface area contributed by atoms with Crippen LogP contribution in [0, 0.1) is 0 Å². The van der Waals surface area contributed by atoms with Crippen molar-refractivity contribution in [2.24, 2.45) is 0 Å². The normalized spacial score (nSPS) is 13.1. The second-order valence-corrected chi connectivity index (χ2v) is 3.80. The molecule has 0 bridgehead atoms. The summed E-state index contributed by atoms with van der Waals surface area (Å²) in [7, 11) is 0. The van der Waals surface area contributed by atoms with Crippen LogP contribution in [0.1, 0.15) is 11.1 Å². The van der Waals surface area contributed by atoms with Crippen LogP contribution >= 0.6 is 0 Å². The molecule has 0 spiro atoms. The molecule has 0 atom stereocenters. The van der Waals surface area contributed by atoms with Crippen LogP contribution in [0.5, 0.6) is 5.75 Å². The standard InChI is InChI=1S/C12H15NO3/c14-8-12(15)13-5-3-9-1-2-11-10(7-9)4-6-16-11/h1-2,7,14H,3-6,8H2,(H,13,15). The quantitative estimate of drug-likeness (QED) is 0.767. The maximum absolute atomic E-state index is 10.8. The van der Waals surface area contributed by atoms with Gasteiger partial charge in [0.2, 0.25) is 5.91 Å². The molecule has 0 saturated heterocycles. The summed E-state index contributed by atoms with van der Waals surface area (Å²) >= 11 is 0. The summed E-state index contributed by atoms with van der Waals surface area (Å²) in [5, 5.41) is 11.2. The topological polar surface area (TPSA) is 58.6 Å². The summed E-state index contributed by atoms with van der Waals surface area (Å²) in [6.45, 7) is 0.872. The molecular weight excluding hydrogens is 206 g/mol. The SMILES string of the molecule is O=C(CO)NCCc1ccc2c(c1)CCO2. The Morgan fingerprint density at radius 3 is 3.19 bits per heavy atom. The van der Waals surface area contributed by atoms with Gasteiger partial charge < -0.3 is 15.2 Å². The van der Waals surface area contributed by atoms with Crippen molar-refractivity contribution in [3.8, 4) is 5.75 Å². The van der Waals surface area contributed by atoms with Crippen molar-refractivity contribution in [1.29, 1.82) is 0 Å². The fraction of sp³-hybridized carbons (Fsp3) is 0.417. The third kappa shape index (κ3) is 2.52. The zero-order chi connectivity index (χ0) is 11.4. The van der Waals surface area contributed by atoms with Crippen molar-refractivity contribution in [2.45, 2.75) is 12.8 Å². The minimum atomic E-state index is -0.446. The molecule has 1 amide bonds. The van der Waals surface area contributed by atoms with Crippen LogP contribution < -0.4 is 10.1 Å². The summed E-state index contributed by atoms with van der Waals surface area (Å²) in [6.07, 6.45) is 1.74. The van der Waals surface area contributed by atoms with E-state index in [-0.39, 0.29) is 5.91 Å². The third-order valence-electron chi connectivity index (χ3n) is 2.63. The molecule has 0 saturated carbocycles. The number of rotatable bonds is 4. The molecular formula is C12H15NO3. The maximum atomic E-state index is 10.8. The van der Waals surface area contributed by atoms with Gasteiger partial charge in [-0.1, -0.05) is 12.1 Å². The lowest BCUT2D eigenvalue weighted by Gasteiger charge is -2.05. The van der Waals surface area contributed by atoms with Gasteiger partial charge in [-0.2, -0.15) is 0 Å². The van der Waals surface area contributed by atoms with Crippen LogP contribution in [0.3, 0.4) is 0 Å². The van der Waals surface area contributed by atoms with Crippen molar-refractivity contribution in [2.75, 3.05) is 19.8 Å². The van der Waals surface area contributed by atoms with Gasteiger partial charge in [-0.3, -0.25) is 4.79 Å². The van der Waals surface area contributed by atoms with Gasteiger partial charge in [0.05, 0.1) is 6.61 Å². The molecule has 1 heterocycles. The number of hydrogen-bond acceptors (Lipinski definition) is 3. The molecule has 2 rings (SSSR count). The minimum absolute atomic E-state index is 0.329. The molecule has 0 fully saturated rings. The number of aliphatic hydroxyl groups excluding tert-OH is 1. The lowest BCUT2D eigenvalue weighted by atomic mass is 10.1. The van der Waals surface area contributed by atoms with Gasteiger partial charge in [0.15, 0.2) is 0 Å². The second kappa shape index (κ2) is 4.99. The van der Waals surface area contributed by atoms with Crippen LogP contribution in [0.2, 0.25) is 0 Å². The molecule has 1 aliphatic rings. The molecule has 1 aromatic rings. The van der Waals surface area contributed by atoms with Crippen molar-refractivity contribution in [3.63, 3.8) is 0 Å². The Morgan fingerprint density at radius 1 is 1.50 bits per heavy atom. The lowest BCUT2D eigenvalue weighted by Crippen LogP contribution is -2.28. The first-order valence-electron chi connectivity index (χ1n) is 5.42. The van der Waals surface area contributed by atoms with Crippen molar-refractivity contribution < 1.29 is 14.6 Å². The van der Waals surface area contributed by atoms with Crippen LogP contribution in [0.25, 0.3) is 0 Å². The summed E-state index contributed by atoms with van der Waals surface area (Å²) in [6, 6.07) is 6.11. The number of ether oxygens (including phenoxy) is 1. The monoisotopic (exact) mass is 221 g/mol. The van der Waals surface area contributed by atoms with E-state index in [2.05, 4.69) is 11.4 Å². The number of amides is 1. The van der Waals surface area contributed by atoms with Gasteiger partial charge in [-0.25, -0.2) is 0 Å². The molecule has 4 nitrogen and oxygen atoms in total. The fourth-order valence-electron chi connectivity index (χ4n) is 1.80. The number of fused-ring (bicyclic) bond motifs is 1. The molecule has 0 radical (unpaired) electrons. The molecule has 4 heteroatoms. The Bertz CT molecular complexity index is 390. The number of carbonyl (C=O) groups is 1. The highest BCUT2D eigenvalue weighted by molar-refractivity contribution is 5.76. The first-order chi connectivity index (χ1) is 7.79. The average Bonchev–Trinajstić information content (AvgIpc) is 2.76. The van der Waals surface area contributed by atoms with Gasteiger partial charge in [-0.05, 0) is 23.6 Å². The number of carbonyl (C=O) groups excluding carboxylic acids is 1. The van der Waals surface area contributed by atoms with E-state index >= 15 is 0 Å². The highest BCUT2D eigenvalue weighted by Gasteiger charge is 2.11. The van der Waals surface area contributed by atoms with Crippen LogP contribution in [0.15, 0.2) is 18.2 Å². The Balaban J connectivity index is 1.88. The first-order valence-corrected chi connectivity index (χ1v) is 5.42. The van der Waals surface area contributed by atoms with Crippen LogP contribution in [-0.4, -0.2) is 30.8 Å². The number of benzene rings is 1. The molecule has 1 aromatic carbocycles. The Labute approximate surface area is 94.2 Å². The molecule has 0 unspecified atom stereocenters. The van der Waals surface area contributed by atoms with Crippen molar-refractivity contribution in [1.82, 2.24) is 5.32 Å². The molecule has 1 aliphatic heterocycles. The summed E-state index contributed by atoms with van der Waals surface area (Å²) < 4.78 is 5.41. The smallest absolute Gasteiger partial charge is 0.245 e. The van der Waals surface area contributed by atoms with Crippen molar-refractivity contribution >= 4 is 5.91 Å². The molecule has 0 aromatic heterocycles. The molecule has 16 heavy (non-hydrogen) atoms. The van der Waals surface area contributed by atoms with E-state index in [1.165, 1.54) is 11.1 Å². The van der Waals surface area contributed by atoms with E-state index in [1.807, 2.05) is 12.1 Å². The van der Waals surface area contributed by atoms with E-state index in [1.54, 1.807) is 0 Å². The highest BCUT2D eigenvalue weighted by atomic mass is 16.5. The third-order valence-corrected chi connectivity index (χ3v) is 2.63. The predicted molar refractivity (Wildman–Crippen MR) is 59.4 cm³/mol. The number of hydrogen-bond donors (Lipinski definition) is 2. The van der Waals surface area contributed by atoms with Gasteiger partial charge in [-0.15, -0.1) is 0 Å². The van der Waals surface area contributed by atoms with Gasteiger partial charge in [0.1, 0.15) is 12.4 Å². The van der Waals surface area contributed by atoms with Crippen molar-refractivity contribution in [3.05, 3.63) is 29.3 Å². The number of aliphatic hydroxyl groups is 1. The van der Waals surface area contributed by atoms with E-state index in [0.717, 1.165) is 25.2 Å². The minimum Gasteiger partial charge on any atom is -0.493 e. The van der Waals surface area contributed by atoms with E-state index in [0.29, 0.717) is 6.54 Å². The Kier molecular flexibility index (Phi) is 3.41. The zero-order valence-corrected chi connectivity index (χ0v) is 9.03. The summed E-state index contributed by atoms with van der Waals surface area (Å²) in [5.74, 6) is 0.646. The first kappa shape index (κ1) is 11.0. The molecule has 0 aliphatic carbocycles. The molecule has 2 N–H and O–H groups in total. The van der Waals surface area contributed by atoms with E-state index in [4.69, 9.17) is 9.84 Å². The lowest BCUT2D eigenvalue weighted by molar-refractivity contribution is -0.123.